The zero-order valence-corrected chi connectivity index (χ0v) is 11.5. The molecule has 0 unspecified atom stereocenters. The number of hydrazone groups is 1. The van der Waals surface area contributed by atoms with Gasteiger partial charge in [0.15, 0.2) is 0 Å². The van der Waals surface area contributed by atoms with E-state index < -0.39 is 0 Å². The molecule has 102 valence electrons. The van der Waals surface area contributed by atoms with Gasteiger partial charge in [-0.2, -0.15) is 5.10 Å². The summed E-state index contributed by atoms with van der Waals surface area (Å²) in [6.45, 7) is 0.147. The third-order valence-corrected chi connectivity index (χ3v) is 2.75. The number of halogens is 1. The lowest BCUT2D eigenvalue weighted by Crippen LogP contribution is -2.25. The van der Waals surface area contributed by atoms with E-state index in [1.165, 1.54) is 0 Å². The van der Waals surface area contributed by atoms with Crippen LogP contribution >= 0.6 is 11.6 Å². The Morgan fingerprint density at radius 2 is 1.80 bits per heavy atom. The average Bonchev–Trinajstić information content (AvgIpc) is 2.48. The van der Waals surface area contributed by atoms with E-state index in [1.807, 2.05) is 42.5 Å². The van der Waals surface area contributed by atoms with E-state index in [2.05, 4.69) is 15.8 Å². The van der Waals surface area contributed by atoms with Gasteiger partial charge in [-0.15, -0.1) is 0 Å². The fourth-order valence-corrected chi connectivity index (χ4v) is 1.63. The van der Waals surface area contributed by atoms with Gasteiger partial charge < -0.3 is 5.32 Å². The molecule has 0 aliphatic carbocycles. The molecule has 0 radical (unpaired) electrons. The first kappa shape index (κ1) is 14.1. The highest BCUT2D eigenvalue weighted by atomic mass is 35.5. The van der Waals surface area contributed by atoms with Crippen LogP contribution in [-0.4, -0.2) is 18.7 Å². The lowest BCUT2D eigenvalue weighted by Gasteiger charge is -2.04. The molecule has 2 aromatic rings. The smallest absolute Gasteiger partial charge is 0.259 e. The molecule has 4 nitrogen and oxygen atoms in total. The maximum absolute atomic E-state index is 11.6. The van der Waals surface area contributed by atoms with E-state index >= 15 is 0 Å². The van der Waals surface area contributed by atoms with Crippen molar-refractivity contribution in [3.63, 3.8) is 0 Å². The fraction of sp³-hybridized carbons (Fsp3) is 0.0667. The van der Waals surface area contributed by atoms with Crippen LogP contribution < -0.4 is 10.7 Å². The molecule has 0 spiro atoms. The van der Waals surface area contributed by atoms with Gasteiger partial charge in [-0.05, 0) is 29.8 Å². The van der Waals surface area contributed by atoms with E-state index in [9.17, 15) is 4.79 Å². The number of rotatable bonds is 5. The normalized spacial score (nSPS) is 10.4. The van der Waals surface area contributed by atoms with E-state index in [4.69, 9.17) is 11.6 Å². The predicted octanol–water partition coefficient (Wildman–Crippen LogP) is 2.90. The predicted molar refractivity (Wildman–Crippen MR) is 82.1 cm³/mol. The van der Waals surface area contributed by atoms with Crippen LogP contribution in [0.1, 0.15) is 5.56 Å². The van der Waals surface area contributed by atoms with Gasteiger partial charge in [-0.25, -0.2) is 5.43 Å². The highest BCUT2D eigenvalue weighted by Gasteiger charge is 1.99. The molecule has 0 atom stereocenters. The van der Waals surface area contributed by atoms with Gasteiger partial charge in [0, 0.05) is 10.7 Å². The summed E-state index contributed by atoms with van der Waals surface area (Å²) in [5.74, 6) is -0.216. The molecule has 2 aromatic carbocycles. The first-order valence-electron chi connectivity index (χ1n) is 6.10. The molecule has 2 rings (SSSR count). The zero-order chi connectivity index (χ0) is 14.2. The van der Waals surface area contributed by atoms with Crippen LogP contribution in [0.5, 0.6) is 0 Å². The van der Waals surface area contributed by atoms with E-state index in [1.54, 1.807) is 18.3 Å². The van der Waals surface area contributed by atoms with Gasteiger partial charge >= 0.3 is 0 Å². The van der Waals surface area contributed by atoms with Gasteiger partial charge in [-0.1, -0.05) is 41.9 Å². The van der Waals surface area contributed by atoms with E-state index in [0.29, 0.717) is 5.02 Å². The number of nitrogens with zero attached hydrogens (tertiary/aromatic N) is 1. The number of carbonyl (C=O) groups is 1. The van der Waals surface area contributed by atoms with E-state index in [0.717, 1.165) is 11.3 Å². The van der Waals surface area contributed by atoms with Gasteiger partial charge in [0.25, 0.3) is 5.91 Å². The zero-order valence-electron chi connectivity index (χ0n) is 10.7. The van der Waals surface area contributed by atoms with Gasteiger partial charge in [0.05, 0.1) is 12.8 Å². The highest BCUT2D eigenvalue weighted by Crippen LogP contribution is 2.12. The largest absolute Gasteiger partial charge is 0.376 e. The molecule has 1 amide bonds. The lowest BCUT2D eigenvalue weighted by atomic mass is 10.2. The summed E-state index contributed by atoms with van der Waals surface area (Å²) in [6, 6.07) is 16.7. The third-order valence-electron chi connectivity index (χ3n) is 2.50. The Labute approximate surface area is 122 Å². The Kier molecular flexibility index (Phi) is 5.15. The van der Waals surface area contributed by atoms with Crippen molar-refractivity contribution in [3.05, 3.63) is 65.2 Å². The fourth-order valence-electron chi connectivity index (χ4n) is 1.51. The molecule has 0 bridgehead atoms. The number of anilines is 1. The van der Waals surface area contributed by atoms with Crippen LogP contribution in [0.4, 0.5) is 5.69 Å². The SMILES string of the molecule is O=C(CNc1ccc(Cl)cc1)NN=Cc1ccccc1. The number of nitrogens with one attached hydrogen (secondary N) is 2. The highest BCUT2D eigenvalue weighted by molar-refractivity contribution is 6.30. The monoisotopic (exact) mass is 287 g/mol. The first-order chi connectivity index (χ1) is 9.74. The third kappa shape index (κ3) is 4.74. The van der Waals surface area contributed by atoms with Crippen molar-refractivity contribution in [1.29, 1.82) is 0 Å². The number of hydrogen-bond acceptors (Lipinski definition) is 3. The summed E-state index contributed by atoms with van der Waals surface area (Å²) in [6.07, 6.45) is 1.60. The maximum Gasteiger partial charge on any atom is 0.259 e. The maximum atomic E-state index is 11.6. The molecule has 0 fully saturated rings. The van der Waals surface area contributed by atoms with Gasteiger partial charge in [0.1, 0.15) is 0 Å². The van der Waals surface area contributed by atoms with Gasteiger partial charge in [0.2, 0.25) is 0 Å². The second-order valence-corrected chi connectivity index (χ2v) is 4.50. The van der Waals surface area contributed by atoms with Crippen molar-refractivity contribution in [2.75, 3.05) is 11.9 Å². The quantitative estimate of drug-likeness (QED) is 0.656. The Bertz CT molecular complexity index is 582. The average molecular weight is 288 g/mol. The van der Waals surface area contributed by atoms with Crippen LogP contribution in [0.2, 0.25) is 5.02 Å². The number of hydrogen-bond donors (Lipinski definition) is 2. The Balaban J connectivity index is 1.76. The second kappa shape index (κ2) is 7.31. The number of benzene rings is 2. The van der Waals surface area contributed by atoms with Crippen molar-refractivity contribution in [1.82, 2.24) is 5.43 Å². The Morgan fingerprint density at radius 1 is 1.10 bits per heavy atom. The molecular weight excluding hydrogens is 274 g/mol. The first-order valence-corrected chi connectivity index (χ1v) is 6.48. The van der Waals surface area contributed by atoms with Crippen molar-refractivity contribution in [2.24, 2.45) is 5.10 Å². The summed E-state index contributed by atoms with van der Waals surface area (Å²) in [5, 5.41) is 7.52. The molecular formula is C15H14ClN3O. The summed E-state index contributed by atoms with van der Waals surface area (Å²) in [5.41, 5.74) is 4.21. The van der Waals surface area contributed by atoms with Crippen molar-refractivity contribution >= 4 is 29.4 Å². The molecule has 5 heteroatoms. The summed E-state index contributed by atoms with van der Waals surface area (Å²) in [7, 11) is 0. The van der Waals surface area contributed by atoms with Crippen LogP contribution in [0, 0.1) is 0 Å². The molecule has 0 aromatic heterocycles. The molecule has 0 saturated carbocycles. The van der Waals surface area contributed by atoms with Gasteiger partial charge in [-0.3, -0.25) is 4.79 Å². The number of amides is 1. The molecule has 2 N–H and O–H groups in total. The lowest BCUT2D eigenvalue weighted by molar-refractivity contribution is -0.119. The van der Waals surface area contributed by atoms with Crippen molar-refractivity contribution in [2.45, 2.75) is 0 Å². The second-order valence-electron chi connectivity index (χ2n) is 4.06. The Hall–Kier alpha value is -2.33. The topological polar surface area (TPSA) is 53.5 Å². The molecule has 20 heavy (non-hydrogen) atoms. The standard InChI is InChI=1S/C15H14ClN3O/c16-13-6-8-14(9-7-13)17-11-15(20)19-18-10-12-4-2-1-3-5-12/h1-10,17H,11H2,(H,19,20). The van der Waals surface area contributed by atoms with Crippen molar-refractivity contribution in [3.8, 4) is 0 Å². The van der Waals surface area contributed by atoms with Crippen LogP contribution in [0.3, 0.4) is 0 Å². The summed E-state index contributed by atoms with van der Waals surface area (Å²) < 4.78 is 0. The van der Waals surface area contributed by atoms with Crippen molar-refractivity contribution < 1.29 is 4.79 Å². The Morgan fingerprint density at radius 3 is 2.50 bits per heavy atom. The molecule has 0 heterocycles. The van der Waals surface area contributed by atoms with Crippen LogP contribution in [0.25, 0.3) is 0 Å². The molecule has 0 aliphatic rings. The summed E-state index contributed by atoms with van der Waals surface area (Å²) >= 11 is 5.77. The molecule has 0 saturated heterocycles. The summed E-state index contributed by atoms with van der Waals surface area (Å²) in [4.78, 5) is 11.6. The number of carbonyl (C=O) groups excluding carboxylic acids is 1. The van der Waals surface area contributed by atoms with Crippen LogP contribution in [0.15, 0.2) is 59.7 Å². The minimum absolute atomic E-state index is 0.147. The molecule has 0 aliphatic heterocycles. The minimum atomic E-state index is -0.216. The van der Waals surface area contributed by atoms with E-state index in [-0.39, 0.29) is 12.5 Å². The van der Waals surface area contributed by atoms with Crippen LogP contribution in [-0.2, 0) is 4.79 Å². The minimum Gasteiger partial charge on any atom is -0.376 e.